The molecule has 1 aliphatic heterocycles. The summed E-state index contributed by atoms with van der Waals surface area (Å²) in [5.41, 5.74) is 1.90. The second-order valence-electron chi connectivity index (χ2n) is 4.44. The Morgan fingerprint density at radius 2 is 1.65 bits per heavy atom. The van der Waals surface area contributed by atoms with Crippen LogP contribution in [0.5, 0.6) is 0 Å². The van der Waals surface area contributed by atoms with Gasteiger partial charge in [0.25, 0.3) is 0 Å². The molecule has 1 fully saturated rings. The van der Waals surface area contributed by atoms with Crippen molar-refractivity contribution < 1.29 is 0 Å². The van der Waals surface area contributed by atoms with E-state index in [1.165, 1.54) is 23.9 Å². The van der Waals surface area contributed by atoms with Gasteiger partial charge in [0.05, 0.1) is 5.39 Å². The Labute approximate surface area is 100 Å². The zero-order chi connectivity index (χ0) is 11.7. The fourth-order valence-corrected chi connectivity index (χ4v) is 2.59. The molecule has 2 aromatic rings. The van der Waals surface area contributed by atoms with Gasteiger partial charge in [-0.3, -0.25) is 0 Å². The van der Waals surface area contributed by atoms with Gasteiger partial charge in [-0.05, 0) is 25.0 Å². The van der Waals surface area contributed by atoms with Crippen molar-refractivity contribution in [2.75, 3.05) is 18.0 Å². The molecule has 84 valence electrons. The van der Waals surface area contributed by atoms with E-state index in [1.807, 2.05) is 24.3 Å². The highest BCUT2D eigenvalue weighted by Gasteiger charge is 2.19. The molecule has 0 radical (unpaired) electrons. The zero-order valence-electron chi connectivity index (χ0n) is 9.63. The van der Waals surface area contributed by atoms with Crippen LogP contribution in [0.15, 0.2) is 36.4 Å². The van der Waals surface area contributed by atoms with E-state index in [9.17, 15) is 0 Å². The number of fused-ring (bicyclic) bond motifs is 1. The van der Waals surface area contributed by atoms with E-state index in [4.69, 9.17) is 5.39 Å². The maximum atomic E-state index is 9.00. The molecule has 3 heteroatoms. The monoisotopic (exact) mass is 224 g/mol. The van der Waals surface area contributed by atoms with Gasteiger partial charge in [0.2, 0.25) is 5.39 Å². The Morgan fingerprint density at radius 3 is 2.35 bits per heavy atom. The Bertz CT molecular complexity index is 592. The van der Waals surface area contributed by atoms with Gasteiger partial charge in [0.1, 0.15) is 0 Å². The number of hydrogen-bond donors (Lipinski definition) is 0. The zero-order valence-corrected chi connectivity index (χ0v) is 9.63. The van der Waals surface area contributed by atoms with Crippen LogP contribution >= 0.6 is 0 Å². The first kappa shape index (κ1) is 10.1. The molecule has 0 N–H and O–H groups in total. The molecule has 0 aliphatic carbocycles. The summed E-state index contributed by atoms with van der Waals surface area (Å²) >= 11 is 0. The number of anilines is 1. The van der Waals surface area contributed by atoms with Crippen LogP contribution < -0.4 is 4.90 Å². The van der Waals surface area contributed by atoms with Crippen molar-refractivity contribution in [2.24, 2.45) is 0 Å². The third kappa shape index (κ3) is 1.62. The van der Waals surface area contributed by atoms with Gasteiger partial charge in [-0.15, -0.1) is 0 Å². The van der Waals surface area contributed by atoms with Crippen molar-refractivity contribution in [1.29, 1.82) is 5.39 Å². The SMILES string of the molecule is N#[N+]c1ccc(N2CCCC2)c2ccccc12. The topological polar surface area (TPSA) is 31.4 Å². The molecule has 0 bridgehead atoms. The third-order valence-corrected chi connectivity index (χ3v) is 3.43. The largest absolute Gasteiger partial charge is 0.392 e. The number of diazo groups is 1. The molecule has 1 aliphatic rings. The highest BCUT2D eigenvalue weighted by Crippen LogP contribution is 2.35. The number of hydrogen-bond acceptors (Lipinski definition) is 2. The van der Waals surface area contributed by atoms with Crippen LogP contribution in [0.1, 0.15) is 12.8 Å². The summed E-state index contributed by atoms with van der Waals surface area (Å²) in [5.74, 6) is 0. The van der Waals surface area contributed by atoms with Crippen LogP contribution in [0.25, 0.3) is 15.7 Å². The molecule has 0 amide bonds. The standard InChI is InChI=1S/C14H14N3/c15-16-13-7-8-14(17-9-3-4-10-17)12-6-2-1-5-11(12)13/h1-2,5-8H,3-4,9-10H2/q+1. The first-order valence-electron chi connectivity index (χ1n) is 6.02. The Morgan fingerprint density at radius 1 is 0.941 bits per heavy atom. The smallest absolute Gasteiger partial charge is 0.371 e. The molecule has 0 aromatic heterocycles. The molecule has 0 unspecified atom stereocenters. The van der Waals surface area contributed by atoms with Crippen LogP contribution in [0.2, 0.25) is 0 Å². The van der Waals surface area contributed by atoms with Crippen molar-refractivity contribution in [1.82, 2.24) is 0 Å². The van der Waals surface area contributed by atoms with E-state index < -0.39 is 0 Å². The lowest BCUT2D eigenvalue weighted by Crippen LogP contribution is -2.17. The molecule has 2 aromatic carbocycles. The number of benzene rings is 2. The minimum atomic E-state index is 0.642. The lowest BCUT2D eigenvalue weighted by atomic mass is 10.1. The van der Waals surface area contributed by atoms with E-state index in [0.29, 0.717) is 5.69 Å². The highest BCUT2D eigenvalue weighted by atomic mass is 15.1. The summed E-state index contributed by atoms with van der Waals surface area (Å²) in [4.78, 5) is 5.75. The minimum Gasteiger partial charge on any atom is -0.371 e. The van der Waals surface area contributed by atoms with Crippen LogP contribution in [0.4, 0.5) is 11.4 Å². The van der Waals surface area contributed by atoms with Crippen LogP contribution in [0, 0.1) is 5.39 Å². The van der Waals surface area contributed by atoms with Gasteiger partial charge in [-0.25, -0.2) is 0 Å². The van der Waals surface area contributed by atoms with E-state index in [1.54, 1.807) is 0 Å². The van der Waals surface area contributed by atoms with Crippen molar-refractivity contribution in [2.45, 2.75) is 12.8 Å². The molecule has 17 heavy (non-hydrogen) atoms. The van der Waals surface area contributed by atoms with E-state index >= 15 is 0 Å². The molecular formula is C14H14N3+. The first-order chi connectivity index (χ1) is 8.40. The van der Waals surface area contributed by atoms with Gasteiger partial charge < -0.3 is 4.90 Å². The predicted molar refractivity (Wildman–Crippen MR) is 70.1 cm³/mol. The molecule has 0 atom stereocenters. The summed E-state index contributed by atoms with van der Waals surface area (Å²) in [6.45, 7) is 2.25. The molecule has 0 saturated carbocycles. The maximum Gasteiger partial charge on any atom is 0.392 e. The van der Waals surface area contributed by atoms with Gasteiger partial charge in [-0.2, -0.15) is 0 Å². The average molecular weight is 224 g/mol. The number of rotatable bonds is 1. The first-order valence-corrected chi connectivity index (χ1v) is 6.02. The Balaban J connectivity index is 2.23. The fourth-order valence-electron chi connectivity index (χ4n) is 2.59. The van der Waals surface area contributed by atoms with Gasteiger partial charge in [-0.1, -0.05) is 18.2 Å². The van der Waals surface area contributed by atoms with E-state index in [2.05, 4.69) is 22.0 Å². The quantitative estimate of drug-likeness (QED) is 0.687. The lowest BCUT2D eigenvalue weighted by Gasteiger charge is -2.19. The Kier molecular flexibility index (Phi) is 2.41. The maximum absolute atomic E-state index is 9.00. The van der Waals surface area contributed by atoms with Crippen molar-refractivity contribution >= 4 is 22.1 Å². The fraction of sp³-hybridized carbons (Fsp3) is 0.286. The highest BCUT2D eigenvalue weighted by molar-refractivity contribution is 6.02. The minimum absolute atomic E-state index is 0.642. The molecule has 3 rings (SSSR count). The average Bonchev–Trinajstić information content (AvgIpc) is 2.91. The van der Waals surface area contributed by atoms with Crippen LogP contribution in [-0.4, -0.2) is 13.1 Å². The van der Waals surface area contributed by atoms with Crippen molar-refractivity contribution in [3.8, 4) is 0 Å². The summed E-state index contributed by atoms with van der Waals surface area (Å²) in [7, 11) is 0. The molecule has 1 saturated heterocycles. The van der Waals surface area contributed by atoms with E-state index in [-0.39, 0.29) is 0 Å². The van der Waals surface area contributed by atoms with Crippen molar-refractivity contribution in [3.63, 3.8) is 0 Å². The summed E-state index contributed by atoms with van der Waals surface area (Å²) in [6, 6.07) is 12.0. The van der Waals surface area contributed by atoms with Gasteiger partial charge >= 0.3 is 5.69 Å². The van der Waals surface area contributed by atoms with Gasteiger partial charge in [0, 0.05) is 30.2 Å². The van der Waals surface area contributed by atoms with Crippen LogP contribution in [0.3, 0.4) is 0 Å². The second kappa shape index (κ2) is 4.06. The number of nitrogens with zero attached hydrogens (tertiary/aromatic N) is 3. The molecular weight excluding hydrogens is 210 g/mol. The normalized spacial score (nSPS) is 15.1. The predicted octanol–water partition coefficient (Wildman–Crippen LogP) is 3.92. The lowest BCUT2D eigenvalue weighted by molar-refractivity contribution is 0.949. The summed E-state index contributed by atoms with van der Waals surface area (Å²) in [6.07, 6.45) is 2.53. The van der Waals surface area contributed by atoms with Gasteiger partial charge in [0.15, 0.2) is 4.98 Å². The van der Waals surface area contributed by atoms with E-state index in [0.717, 1.165) is 18.5 Å². The summed E-state index contributed by atoms with van der Waals surface area (Å²) < 4.78 is 0. The van der Waals surface area contributed by atoms with Crippen molar-refractivity contribution in [3.05, 3.63) is 41.4 Å². The molecule has 0 spiro atoms. The van der Waals surface area contributed by atoms with Crippen LogP contribution in [-0.2, 0) is 0 Å². The molecule has 1 heterocycles. The summed E-state index contributed by atoms with van der Waals surface area (Å²) in [5, 5.41) is 11.2. The third-order valence-electron chi connectivity index (χ3n) is 3.43. The Hall–Kier alpha value is -2.08. The molecule has 3 nitrogen and oxygen atoms in total. The second-order valence-corrected chi connectivity index (χ2v) is 4.44.